The van der Waals surface area contributed by atoms with Crippen LogP contribution in [0.15, 0.2) is 0 Å². The number of rotatable bonds is 3. The maximum Gasteiger partial charge on any atom is 0.146 e. The minimum absolute atomic E-state index is 0.359. The van der Waals surface area contributed by atoms with E-state index in [0.717, 1.165) is 12.8 Å². The van der Waals surface area contributed by atoms with Crippen molar-refractivity contribution in [2.45, 2.75) is 50.7 Å². The second-order valence-corrected chi connectivity index (χ2v) is 6.12. The van der Waals surface area contributed by atoms with Crippen LogP contribution in [0.5, 0.6) is 0 Å². The molecule has 0 bridgehead atoms. The van der Waals surface area contributed by atoms with Gasteiger partial charge >= 0.3 is 0 Å². The van der Waals surface area contributed by atoms with Crippen LogP contribution in [0.3, 0.4) is 0 Å². The van der Waals surface area contributed by atoms with Crippen LogP contribution in [-0.4, -0.2) is 16.8 Å². The average molecular weight is 198 g/mol. The molecule has 0 radical (unpaired) electrons. The molecular weight excluding hydrogens is 180 g/mol. The Hall–Kier alpha value is 0.0200. The summed E-state index contributed by atoms with van der Waals surface area (Å²) in [6.07, 6.45) is 7.12. The van der Waals surface area contributed by atoms with E-state index in [4.69, 9.17) is 0 Å². The van der Waals surface area contributed by atoms with Crippen LogP contribution in [0, 0.1) is 5.41 Å². The highest BCUT2D eigenvalue weighted by Gasteiger charge is 2.36. The van der Waals surface area contributed by atoms with Gasteiger partial charge < -0.3 is 0 Å². The van der Waals surface area contributed by atoms with Gasteiger partial charge in [0.1, 0.15) is 5.78 Å². The minimum atomic E-state index is 0.359. The minimum Gasteiger partial charge on any atom is -0.298 e. The number of thioether (sulfide) groups is 1. The van der Waals surface area contributed by atoms with E-state index in [-0.39, 0.29) is 0 Å². The Bertz CT molecular complexity index is 202. The Labute approximate surface area is 84.7 Å². The van der Waals surface area contributed by atoms with Crippen LogP contribution >= 0.6 is 11.8 Å². The van der Waals surface area contributed by atoms with Gasteiger partial charge in [0.2, 0.25) is 0 Å². The fourth-order valence-corrected chi connectivity index (χ4v) is 3.54. The molecule has 1 unspecified atom stereocenters. The van der Waals surface area contributed by atoms with Crippen LogP contribution in [-0.2, 0) is 4.79 Å². The molecule has 1 aliphatic carbocycles. The van der Waals surface area contributed by atoms with Crippen LogP contribution in [0.4, 0.5) is 0 Å². The van der Waals surface area contributed by atoms with Crippen molar-refractivity contribution >= 4 is 17.5 Å². The standard InChI is InChI=1S/C11H18OS/c1-11(5-3-6-11)8-9(12)10-4-2-7-13-10/h10H,2-8H2,1H3. The number of carbonyl (C=O) groups excluding carboxylic acids is 1. The first-order chi connectivity index (χ1) is 6.20. The van der Waals surface area contributed by atoms with Crippen molar-refractivity contribution < 1.29 is 4.79 Å². The molecule has 13 heavy (non-hydrogen) atoms. The summed E-state index contributed by atoms with van der Waals surface area (Å²) in [6, 6.07) is 0. The molecule has 1 nitrogen and oxygen atoms in total. The van der Waals surface area contributed by atoms with Crippen molar-refractivity contribution in [3.63, 3.8) is 0 Å². The molecule has 0 spiro atoms. The molecule has 1 saturated heterocycles. The highest BCUT2D eigenvalue weighted by molar-refractivity contribution is 8.00. The highest BCUT2D eigenvalue weighted by Crippen LogP contribution is 2.44. The quantitative estimate of drug-likeness (QED) is 0.693. The topological polar surface area (TPSA) is 17.1 Å². The van der Waals surface area contributed by atoms with E-state index in [1.807, 2.05) is 11.8 Å². The van der Waals surface area contributed by atoms with Gasteiger partial charge in [-0.2, -0.15) is 11.8 Å². The molecule has 74 valence electrons. The largest absolute Gasteiger partial charge is 0.298 e. The van der Waals surface area contributed by atoms with Crippen LogP contribution < -0.4 is 0 Å². The summed E-state index contributed by atoms with van der Waals surface area (Å²) in [4.78, 5) is 11.8. The lowest BCUT2D eigenvalue weighted by molar-refractivity contribution is -0.121. The summed E-state index contributed by atoms with van der Waals surface area (Å²) in [5.41, 5.74) is 0.389. The fraction of sp³-hybridized carbons (Fsp3) is 0.909. The van der Waals surface area contributed by atoms with Gasteiger partial charge in [0.25, 0.3) is 0 Å². The van der Waals surface area contributed by atoms with E-state index in [9.17, 15) is 4.79 Å². The summed E-state index contributed by atoms with van der Waals surface area (Å²) in [6.45, 7) is 2.27. The molecule has 0 aromatic carbocycles. The predicted octanol–water partition coefficient (Wildman–Crippen LogP) is 3.03. The summed E-state index contributed by atoms with van der Waals surface area (Å²) in [5, 5.41) is 0.359. The van der Waals surface area contributed by atoms with E-state index in [2.05, 4.69) is 6.92 Å². The lowest BCUT2D eigenvalue weighted by Gasteiger charge is -2.38. The summed E-state index contributed by atoms with van der Waals surface area (Å²) < 4.78 is 0. The van der Waals surface area contributed by atoms with Crippen LogP contribution in [0.25, 0.3) is 0 Å². The molecule has 0 amide bonds. The fourth-order valence-electron chi connectivity index (χ4n) is 2.32. The van der Waals surface area contributed by atoms with Crippen molar-refractivity contribution in [3.05, 3.63) is 0 Å². The normalized spacial score (nSPS) is 31.3. The van der Waals surface area contributed by atoms with Gasteiger partial charge in [0, 0.05) is 6.42 Å². The zero-order chi connectivity index (χ0) is 9.31. The molecule has 2 heteroatoms. The SMILES string of the molecule is CC1(CC(=O)C2CCCS2)CCC1. The van der Waals surface area contributed by atoms with Crippen molar-refractivity contribution in [2.75, 3.05) is 5.75 Å². The monoisotopic (exact) mass is 198 g/mol. The maximum absolute atomic E-state index is 11.8. The number of ketones is 1. The van der Waals surface area contributed by atoms with Gasteiger partial charge in [0.05, 0.1) is 5.25 Å². The molecule has 0 N–H and O–H groups in total. The Kier molecular flexibility index (Phi) is 2.68. The van der Waals surface area contributed by atoms with E-state index in [0.29, 0.717) is 16.4 Å². The first-order valence-corrected chi connectivity index (χ1v) is 6.39. The molecule has 1 aliphatic heterocycles. The molecule has 1 heterocycles. The zero-order valence-corrected chi connectivity index (χ0v) is 9.16. The molecule has 2 fully saturated rings. The third-order valence-corrected chi connectivity index (χ3v) is 4.88. The van der Waals surface area contributed by atoms with E-state index < -0.39 is 0 Å². The highest BCUT2D eigenvalue weighted by atomic mass is 32.2. The molecule has 1 saturated carbocycles. The smallest absolute Gasteiger partial charge is 0.146 e. The molecular formula is C11H18OS. The Morgan fingerprint density at radius 3 is 2.69 bits per heavy atom. The van der Waals surface area contributed by atoms with Gasteiger partial charge in [0.15, 0.2) is 0 Å². The third-order valence-electron chi connectivity index (χ3n) is 3.45. The second-order valence-electron chi connectivity index (χ2n) is 4.81. The molecule has 2 rings (SSSR count). The maximum atomic E-state index is 11.8. The van der Waals surface area contributed by atoms with Crippen molar-refractivity contribution in [1.82, 2.24) is 0 Å². The van der Waals surface area contributed by atoms with Gasteiger partial charge in [-0.25, -0.2) is 0 Å². The lowest BCUT2D eigenvalue weighted by atomic mass is 9.67. The Balaban J connectivity index is 1.83. The Morgan fingerprint density at radius 1 is 1.46 bits per heavy atom. The first-order valence-electron chi connectivity index (χ1n) is 5.34. The number of hydrogen-bond acceptors (Lipinski definition) is 2. The summed E-state index contributed by atoms with van der Waals surface area (Å²) >= 11 is 1.88. The van der Waals surface area contributed by atoms with Gasteiger partial charge in [-0.05, 0) is 36.9 Å². The van der Waals surface area contributed by atoms with Crippen LogP contribution in [0.2, 0.25) is 0 Å². The van der Waals surface area contributed by atoms with E-state index >= 15 is 0 Å². The number of Topliss-reactive ketones (excluding diaryl/α,β-unsaturated/α-hetero) is 1. The van der Waals surface area contributed by atoms with Gasteiger partial charge in [-0.15, -0.1) is 0 Å². The van der Waals surface area contributed by atoms with E-state index in [1.54, 1.807) is 0 Å². The lowest BCUT2D eigenvalue weighted by Crippen LogP contribution is -2.31. The van der Waals surface area contributed by atoms with E-state index in [1.165, 1.54) is 31.4 Å². The molecule has 0 aromatic heterocycles. The molecule has 2 aliphatic rings. The van der Waals surface area contributed by atoms with Crippen molar-refractivity contribution in [1.29, 1.82) is 0 Å². The summed E-state index contributed by atoms with van der Waals surface area (Å²) in [5.74, 6) is 1.73. The zero-order valence-electron chi connectivity index (χ0n) is 8.34. The number of carbonyl (C=O) groups is 1. The first kappa shape index (κ1) is 9.57. The molecule has 1 atom stereocenters. The Morgan fingerprint density at radius 2 is 2.23 bits per heavy atom. The average Bonchev–Trinajstić information content (AvgIpc) is 2.53. The van der Waals surface area contributed by atoms with Gasteiger partial charge in [-0.1, -0.05) is 13.3 Å². The van der Waals surface area contributed by atoms with Crippen LogP contribution in [0.1, 0.15) is 45.4 Å². The van der Waals surface area contributed by atoms with Crippen molar-refractivity contribution in [3.8, 4) is 0 Å². The van der Waals surface area contributed by atoms with Gasteiger partial charge in [-0.3, -0.25) is 4.79 Å². The van der Waals surface area contributed by atoms with Crippen molar-refractivity contribution in [2.24, 2.45) is 5.41 Å². The third kappa shape index (κ3) is 2.09. The number of hydrogen-bond donors (Lipinski definition) is 0. The predicted molar refractivity (Wildman–Crippen MR) is 57.1 cm³/mol. The molecule has 0 aromatic rings. The second kappa shape index (κ2) is 3.64. The summed E-state index contributed by atoms with van der Waals surface area (Å²) in [7, 11) is 0.